The molecule has 0 unspecified atom stereocenters. The van der Waals surface area contributed by atoms with E-state index in [2.05, 4.69) is 17.2 Å². The summed E-state index contributed by atoms with van der Waals surface area (Å²) in [6.45, 7) is 4.46. The number of hydrogen-bond donors (Lipinski definition) is 1. The molecule has 0 bridgehead atoms. The zero-order chi connectivity index (χ0) is 21.1. The highest BCUT2D eigenvalue weighted by Gasteiger charge is 2.19. The van der Waals surface area contributed by atoms with Crippen LogP contribution in [0.25, 0.3) is 10.2 Å². The van der Waals surface area contributed by atoms with Crippen LogP contribution < -0.4 is 10.9 Å². The number of anilines is 1. The van der Waals surface area contributed by atoms with Crippen molar-refractivity contribution in [3.05, 3.63) is 92.8 Å². The van der Waals surface area contributed by atoms with Crippen LogP contribution in [-0.4, -0.2) is 15.5 Å². The lowest BCUT2D eigenvalue weighted by atomic mass is 10.1. The second-order valence-electron chi connectivity index (χ2n) is 7.22. The standard InChI is InChI=1S/C24H23N3O2S/c1-3-17-9-11-19(12-10-17)26-22(28)21-16(2)20-23(30-21)25-15-27(24(20)29)14-13-18-7-5-4-6-8-18/h4-12,15H,3,13-14H2,1-2H3,(H,26,28). The van der Waals surface area contributed by atoms with Crippen LogP contribution in [0.4, 0.5) is 5.69 Å². The molecule has 2 heterocycles. The maximum absolute atomic E-state index is 13.0. The van der Waals surface area contributed by atoms with Crippen molar-refractivity contribution in [2.24, 2.45) is 0 Å². The lowest BCUT2D eigenvalue weighted by Crippen LogP contribution is -2.21. The lowest BCUT2D eigenvalue weighted by Gasteiger charge is -2.06. The molecule has 2 aromatic heterocycles. The topological polar surface area (TPSA) is 64.0 Å². The second kappa shape index (κ2) is 8.63. The number of hydrogen-bond acceptors (Lipinski definition) is 4. The van der Waals surface area contributed by atoms with Crippen LogP contribution in [0.15, 0.2) is 65.7 Å². The number of aromatic nitrogens is 2. The summed E-state index contributed by atoms with van der Waals surface area (Å²) in [5.74, 6) is -0.213. The van der Waals surface area contributed by atoms with E-state index in [9.17, 15) is 9.59 Å². The smallest absolute Gasteiger partial charge is 0.266 e. The molecule has 1 amide bonds. The van der Waals surface area contributed by atoms with Gasteiger partial charge in [0.2, 0.25) is 0 Å². The number of thiophene rings is 1. The van der Waals surface area contributed by atoms with Crippen molar-refractivity contribution in [2.45, 2.75) is 33.2 Å². The fourth-order valence-electron chi connectivity index (χ4n) is 3.44. The van der Waals surface area contributed by atoms with Gasteiger partial charge in [0, 0.05) is 12.2 Å². The fourth-order valence-corrected chi connectivity index (χ4v) is 4.48. The number of nitrogens with one attached hydrogen (secondary N) is 1. The highest BCUT2D eigenvalue weighted by atomic mass is 32.1. The quantitative estimate of drug-likeness (QED) is 0.489. The van der Waals surface area contributed by atoms with Crippen molar-refractivity contribution >= 4 is 33.1 Å². The van der Waals surface area contributed by atoms with E-state index >= 15 is 0 Å². The Morgan fingerprint density at radius 2 is 1.80 bits per heavy atom. The average Bonchev–Trinajstić information content (AvgIpc) is 3.12. The molecule has 4 rings (SSSR count). The molecular weight excluding hydrogens is 394 g/mol. The number of rotatable bonds is 6. The summed E-state index contributed by atoms with van der Waals surface area (Å²) in [7, 11) is 0. The first-order valence-corrected chi connectivity index (χ1v) is 10.8. The third kappa shape index (κ3) is 4.04. The summed E-state index contributed by atoms with van der Waals surface area (Å²) in [4.78, 5) is 31.4. The van der Waals surface area contributed by atoms with Gasteiger partial charge in [-0.25, -0.2) is 4.98 Å². The predicted molar refractivity (Wildman–Crippen MR) is 123 cm³/mol. The van der Waals surface area contributed by atoms with Crippen molar-refractivity contribution in [3.8, 4) is 0 Å². The Morgan fingerprint density at radius 3 is 2.50 bits per heavy atom. The lowest BCUT2D eigenvalue weighted by molar-refractivity contribution is 0.103. The van der Waals surface area contributed by atoms with E-state index in [1.807, 2.05) is 61.5 Å². The number of benzene rings is 2. The van der Waals surface area contributed by atoms with Gasteiger partial charge in [-0.15, -0.1) is 11.3 Å². The molecule has 5 nitrogen and oxygen atoms in total. The highest BCUT2D eigenvalue weighted by Crippen LogP contribution is 2.27. The minimum atomic E-state index is -0.213. The molecule has 0 saturated heterocycles. The number of aryl methyl sites for hydroxylation is 4. The zero-order valence-corrected chi connectivity index (χ0v) is 17.8. The Morgan fingerprint density at radius 1 is 1.07 bits per heavy atom. The number of amides is 1. The zero-order valence-electron chi connectivity index (χ0n) is 17.0. The van der Waals surface area contributed by atoms with Crippen LogP contribution in [0, 0.1) is 6.92 Å². The Balaban J connectivity index is 1.59. The van der Waals surface area contributed by atoms with E-state index in [0.717, 1.165) is 18.5 Å². The molecule has 0 spiro atoms. The summed E-state index contributed by atoms with van der Waals surface area (Å²) in [5, 5.41) is 3.46. The van der Waals surface area contributed by atoms with Crippen LogP contribution in [0.1, 0.15) is 33.3 Å². The van der Waals surface area contributed by atoms with Gasteiger partial charge in [0.05, 0.1) is 16.6 Å². The van der Waals surface area contributed by atoms with Gasteiger partial charge in [0.15, 0.2) is 0 Å². The first-order chi connectivity index (χ1) is 14.6. The molecule has 0 saturated carbocycles. The maximum Gasteiger partial charge on any atom is 0.266 e. The Kier molecular flexibility index (Phi) is 5.77. The molecule has 0 aliphatic heterocycles. The van der Waals surface area contributed by atoms with Gasteiger partial charge in [-0.1, -0.05) is 49.4 Å². The normalized spacial score (nSPS) is 11.0. The molecule has 6 heteroatoms. The van der Waals surface area contributed by atoms with Gasteiger partial charge in [-0.05, 0) is 48.6 Å². The number of fused-ring (bicyclic) bond motifs is 1. The van der Waals surface area contributed by atoms with E-state index in [1.54, 1.807) is 10.9 Å². The summed E-state index contributed by atoms with van der Waals surface area (Å²) < 4.78 is 1.63. The number of carbonyl (C=O) groups excluding carboxylic acids is 1. The van der Waals surface area contributed by atoms with Gasteiger partial charge in [0.25, 0.3) is 11.5 Å². The van der Waals surface area contributed by atoms with E-state index in [-0.39, 0.29) is 11.5 Å². The summed E-state index contributed by atoms with van der Waals surface area (Å²) >= 11 is 1.26. The van der Waals surface area contributed by atoms with Crippen LogP contribution in [0.5, 0.6) is 0 Å². The molecule has 0 aliphatic carbocycles. The molecule has 152 valence electrons. The maximum atomic E-state index is 13.0. The van der Waals surface area contributed by atoms with E-state index in [4.69, 9.17) is 0 Å². The largest absolute Gasteiger partial charge is 0.321 e. The van der Waals surface area contributed by atoms with Gasteiger partial charge in [-0.3, -0.25) is 14.2 Å². The van der Waals surface area contributed by atoms with Gasteiger partial charge < -0.3 is 5.32 Å². The summed E-state index contributed by atoms with van der Waals surface area (Å²) in [5.41, 5.74) is 3.70. The second-order valence-corrected chi connectivity index (χ2v) is 8.22. The molecule has 0 atom stereocenters. The Hall–Kier alpha value is -3.25. The van der Waals surface area contributed by atoms with Gasteiger partial charge in [0.1, 0.15) is 4.83 Å². The summed E-state index contributed by atoms with van der Waals surface area (Å²) in [6, 6.07) is 17.8. The monoisotopic (exact) mass is 417 g/mol. The van der Waals surface area contributed by atoms with Crippen LogP contribution in [0.3, 0.4) is 0 Å². The minimum absolute atomic E-state index is 0.101. The van der Waals surface area contributed by atoms with Crippen LogP contribution in [-0.2, 0) is 19.4 Å². The van der Waals surface area contributed by atoms with E-state index in [1.165, 1.54) is 22.5 Å². The molecule has 2 aromatic carbocycles. The summed E-state index contributed by atoms with van der Waals surface area (Å²) in [6.07, 6.45) is 3.28. The Bertz CT molecular complexity index is 1240. The minimum Gasteiger partial charge on any atom is -0.321 e. The SMILES string of the molecule is CCc1ccc(NC(=O)c2sc3ncn(CCc4ccccc4)c(=O)c3c2C)cc1. The van der Waals surface area contributed by atoms with Crippen molar-refractivity contribution in [2.75, 3.05) is 5.32 Å². The Labute approximate surface area is 179 Å². The molecule has 4 aromatic rings. The number of carbonyl (C=O) groups is 1. The third-order valence-electron chi connectivity index (χ3n) is 5.23. The van der Waals surface area contributed by atoms with Crippen LogP contribution in [0.2, 0.25) is 0 Å². The molecule has 1 N–H and O–H groups in total. The van der Waals surface area contributed by atoms with E-state index < -0.39 is 0 Å². The molecule has 0 radical (unpaired) electrons. The average molecular weight is 418 g/mol. The highest BCUT2D eigenvalue weighted by molar-refractivity contribution is 7.20. The van der Waals surface area contributed by atoms with E-state index in [0.29, 0.717) is 27.2 Å². The molecule has 0 fully saturated rings. The first kappa shape index (κ1) is 20.0. The predicted octanol–water partition coefficient (Wildman–Crippen LogP) is 4.82. The van der Waals surface area contributed by atoms with Gasteiger partial charge in [-0.2, -0.15) is 0 Å². The van der Waals surface area contributed by atoms with Crippen molar-refractivity contribution in [3.63, 3.8) is 0 Å². The first-order valence-electron chi connectivity index (χ1n) is 9.99. The third-order valence-corrected chi connectivity index (χ3v) is 6.43. The molecule has 0 aliphatic rings. The fraction of sp³-hybridized carbons (Fsp3) is 0.208. The number of nitrogens with zero attached hydrogens (tertiary/aromatic N) is 2. The van der Waals surface area contributed by atoms with Crippen LogP contribution >= 0.6 is 11.3 Å². The van der Waals surface area contributed by atoms with Crippen molar-refractivity contribution in [1.29, 1.82) is 0 Å². The molecular formula is C24H23N3O2S. The van der Waals surface area contributed by atoms with Crippen molar-refractivity contribution in [1.82, 2.24) is 9.55 Å². The molecule has 30 heavy (non-hydrogen) atoms. The van der Waals surface area contributed by atoms with Gasteiger partial charge >= 0.3 is 0 Å². The van der Waals surface area contributed by atoms with Crippen molar-refractivity contribution < 1.29 is 4.79 Å².